The van der Waals surface area contributed by atoms with E-state index in [2.05, 4.69) is 27.8 Å². The van der Waals surface area contributed by atoms with Gasteiger partial charge >= 0.3 is 0 Å². The number of ether oxygens (including phenoxy) is 1. The molecular formula is C12H16BrNO2. The van der Waals surface area contributed by atoms with E-state index in [-0.39, 0.29) is 16.3 Å². The molecule has 2 rings (SSSR count). The second kappa shape index (κ2) is 4.72. The molecule has 2 saturated heterocycles. The van der Waals surface area contributed by atoms with Crippen LogP contribution in [0.1, 0.15) is 19.3 Å². The normalized spacial score (nSPS) is 31.4. The van der Waals surface area contributed by atoms with Crippen LogP contribution < -0.4 is 5.32 Å². The molecule has 1 amide bonds. The summed E-state index contributed by atoms with van der Waals surface area (Å²) in [6.45, 7) is 5.05. The van der Waals surface area contributed by atoms with Crippen LogP contribution in [0.4, 0.5) is 0 Å². The van der Waals surface area contributed by atoms with Gasteiger partial charge in [-0.1, -0.05) is 40.2 Å². The summed E-state index contributed by atoms with van der Waals surface area (Å²) in [6, 6.07) is 0. The zero-order valence-corrected chi connectivity index (χ0v) is 10.8. The fraction of sp³-hybridized carbons (Fsp3) is 0.583. The Kier molecular flexibility index (Phi) is 3.50. The fourth-order valence-electron chi connectivity index (χ4n) is 2.50. The molecule has 2 fully saturated rings. The highest BCUT2D eigenvalue weighted by Crippen LogP contribution is 2.43. The molecule has 0 saturated carbocycles. The monoisotopic (exact) mass is 285 g/mol. The van der Waals surface area contributed by atoms with Crippen molar-refractivity contribution in [3.63, 3.8) is 0 Å². The molecule has 1 spiro atoms. The topological polar surface area (TPSA) is 38.3 Å². The van der Waals surface area contributed by atoms with Crippen molar-refractivity contribution in [2.75, 3.05) is 13.2 Å². The molecule has 0 aliphatic carbocycles. The third-order valence-corrected chi connectivity index (χ3v) is 3.95. The van der Waals surface area contributed by atoms with E-state index < -0.39 is 0 Å². The van der Waals surface area contributed by atoms with E-state index in [0.717, 1.165) is 19.3 Å². The van der Waals surface area contributed by atoms with Gasteiger partial charge in [-0.05, 0) is 19.3 Å². The maximum absolute atomic E-state index is 12.2. The van der Waals surface area contributed by atoms with Crippen LogP contribution in [-0.2, 0) is 9.53 Å². The van der Waals surface area contributed by atoms with Crippen molar-refractivity contribution in [2.24, 2.45) is 5.41 Å². The Labute approximate surface area is 104 Å². The molecule has 0 aromatic heterocycles. The van der Waals surface area contributed by atoms with Crippen LogP contribution >= 0.6 is 15.9 Å². The highest BCUT2D eigenvalue weighted by molar-refractivity contribution is 9.09. The van der Waals surface area contributed by atoms with E-state index in [1.54, 1.807) is 6.08 Å². The van der Waals surface area contributed by atoms with Crippen molar-refractivity contribution in [3.05, 3.63) is 24.3 Å². The maximum atomic E-state index is 12.2. The largest absolute Gasteiger partial charge is 0.381 e. The summed E-state index contributed by atoms with van der Waals surface area (Å²) in [5.41, 5.74) is 0.827. The van der Waals surface area contributed by atoms with E-state index in [4.69, 9.17) is 4.74 Å². The van der Waals surface area contributed by atoms with E-state index in [0.29, 0.717) is 13.2 Å². The fourth-order valence-corrected chi connectivity index (χ4v) is 3.06. The van der Waals surface area contributed by atoms with Crippen LogP contribution in [0.15, 0.2) is 24.3 Å². The molecule has 1 unspecified atom stereocenters. The molecule has 0 bridgehead atoms. The standard InChI is InChI=1S/C12H16BrNO2/c1-2-3-9-8-10(13)14-11(15)12(9)4-6-16-7-5-12/h2-3,10H,1,4-8H2,(H,14,15)/b9-3+. The molecule has 88 valence electrons. The molecule has 2 aliphatic heterocycles. The lowest BCUT2D eigenvalue weighted by Crippen LogP contribution is -2.52. The minimum absolute atomic E-state index is 0.0414. The molecule has 1 N–H and O–H groups in total. The number of hydrogen-bond acceptors (Lipinski definition) is 2. The number of carbonyl (C=O) groups excluding carboxylic acids is 1. The number of amides is 1. The minimum atomic E-state index is -0.350. The SMILES string of the molecule is C=C/C=C1\CC(Br)NC(=O)C12CCOCC2. The third-order valence-electron chi connectivity index (χ3n) is 3.40. The number of alkyl halides is 1. The molecule has 0 radical (unpaired) electrons. The van der Waals surface area contributed by atoms with Crippen LogP contribution in [0.2, 0.25) is 0 Å². The van der Waals surface area contributed by atoms with Gasteiger partial charge in [-0.15, -0.1) is 0 Å². The number of allylic oxidation sites excluding steroid dienone is 2. The third kappa shape index (κ3) is 1.96. The van der Waals surface area contributed by atoms with Gasteiger partial charge in [0.15, 0.2) is 0 Å². The van der Waals surface area contributed by atoms with Crippen molar-refractivity contribution >= 4 is 21.8 Å². The van der Waals surface area contributed by atoms with Crippen molar-refractivity contribution in [1.82, 2.24) is 5.32 Å². The van der Waals surface area contributed by atoms with Crippen molar-refractivity contribution in [2.45, 2.75) is 24.2 Å². The van der Waals surface area contributed by atoms with Crippen LogP contribution in [0.5, 0.6) is 0 Å². The Morgan fingerprint density at radius 1 is 1.50 bits per heavy atom. The quantitative estimate of drug-likeness (QED) is 0.592. The smallest absolute Gasteiger partial charge is 0.231 e. The number of carbonyl (C=O) groups is 1. The molecule has 16 heavy (non-hydrogen) atoms. The number of rotatable bonds is 1. The lowest BCUT2D eigenvalue weighted by atomic mass is 9.70. The van der Waals surface area contributed by atoms with Crippen molar-refractivity contribution in [3.8, 4) is 0 Å². The summed E-state index contributed by atoms with van der Waals surface area (Å²) in [5, 5.41) is 2.98. The zero-order valence-electron chi connectivity index (χ0n) is 9.17. The summed E-state index contributed by atoms with van der Waals surface area (Å²) < 4.78 is 5.35. The Morgan fingerprint density at radius 2 is 2.19 bits per heavy atom. The molecular weight excluding hydrogens is 270 g/mol. The lowest BCUT2D eigenvalue weighted by molar-refractivity contribution is -0.135. The first-order valence-electron chi connectivity index (χ1n) is 5.54. The zero-order chi connectivity index (χ0) is 11.6. The molecule has 2 heterocycles. The van der Waals surface area contributed by atoms with Gasteiger partial charge in [0.1, 0.15) is 0 Å². The summed E-state index contributed by atoms with van der Waals surface area (Å²) in [4.78, 5) is 12.2. The first-order valence-corrected chi connectivity index (χ1v) is 6.45. The highest BCUT2D eigenvalue weighted by atomic mass is 79.9. The van der Waals surface area contributed by atoms with Crippen LogP contribution in [0.25, 0.3) is 0 Å². The van der Waals surface area contributed by atoms with Crippen LogP contribution in [0.3, 0.4) is 0 Å². The van der Waals surface area contributed by atoms with E-state index >= 15 is 0 Å². The molecule has 1 atom stereocenters. The second-order valence-electron chi connectivity index (χ2n) is 4.27. The predicted molar refractivity (Wildman–Crippen MR) is 66.2 cm³/mol. The van der Waals surface area contributed by atoms with Crippen LogP contribution in [0, 0.1) is 5.41 Å². The number of halogens is 1. The van der Waals surface area contributed by atoms with E-state index in [1.165, 1.54) is 5.57 Å². The van der Waals surface area contributed by atoms with Gasteiger partial charge in [0.25, 0.3) is 0 Å². The van der Waals surface area contributed by atoms with Gasteiger partial charge in [-0.3, -0.25) is 4.79 Å². The Bertz CT molecular complexity index is 332. The van der Waals surface area contributed by atoms with E-state index in [1.807, 2.05) is 6.08 Å². The lowest BCUT2D eigenvalue weighted by Gasteiger charge is -2.42. The van der Waals surface area contributed by atoms with Crippen molar-refractivity contribution < 1.29 is 9.53 Å². The first kappa shape index (κ1) is 11.9. The van der Waals surface area contributed by atoms with Gasteiger partial charge in [0.2, 0.25) is 5.91 Å². The summed E-state index contributed by atoms with van der Waals surface area (Å²) in [7, 11) is 0. The Hall–Kier alpha value is -0.610. The van der Waals surface area contributed by atoms with Gasteiger partial charge in [-0.25, -0.2) is 0 Å². The molecule has 0 aromatic carbocycles. The summed E-state index contributed by atoms with van der Waals surface area (Å²) >= 11 is 3.45. The first-order chi connectivity index (χ1) is 7.69. The minimum Gasteiger partial charge on any atom is -0.381 e. The summed E-state index contributed by atoms with van der Waals surface area (Å²) in [6.07, 6.45) is 6.15. The van der Waals surface area contributed by atoms with Gasteiger partial charge < -0.3 is 10.1 Å². The number of nitrogens with one attached hydrogen (secondary N) is 1. The number of piperidine rings is 1. The second-order valence-corrected chi connectivity index (χ2v) is 5.37. The summed E-state index contributed by atoms with van der Waals surface area (Å²) in [5.74, 6) is 0.122. The average molecular weight is 286 g/mol. The van der Waals surface area contributed by atoms with E-state index in [9.17, 15) is 4.79 Å². The highest BCUT2D eigenvalue weighted by Gasteiger charge is 2.46. The van der Waals surface area contributed by atoms with Gasteiger partial charge in [-0.2, -0.15) is 0 Å². The Balaban J connectivity index is 2.33. The van der Waals surface area contributed by atoms with Crippen LogP contribution in [-0.4, -0.2) is 24.1 Å². The average Bonchev–Trinajstić information content (AvgIpc) is 2.27. The van der Waals surface area contributed by atoms with Gasteiger partial charge in [0, 0.05) is 13.2 Å². The molecule has 4 heteroatoms. The van der Waals surface area contributed by atoms with Gasteiger partial charge in [0.05, 0.1) is 10.4 Å². The molecule has 0 aromatic rings. The molecule has 2 aliphatic rings. The maximum Gasteiger partial charge on any atom is 0.231 e. The number of hydrogen-bond donors (Lipinski definition) is 1. The van der Waals surface area contributed by atoms with Crippen molar-refractivity contribution in [1.29, 1.82) is 0 Å². The Morgan fingerprint density at radius 3 is 2.81 bits per heavy atom. The predicted octanol–water partition coefficient (Wildman–Crippen LogP) is 2.14. The molecule has 3 nitrogen and oxygen atoms in total.